The first kappa shape index (κ1) is 24.8. The normalized spacial score (nSPS) is 22.4. The number of carbonyl (C=O) groups excluding carboxylic acids is 2. The number of rotatable bonds is 4. The molecule has 13 nitrogen and oxygen atoms in total. The van der Waals surface area contributed by atoms with E-state index in [4.69, 9.17) is 9.47 Å². The highest BCUT2D eigenvalue weighted by Crippen LogP contribution is 2.39. The zero-order valence-corrected chi connectivity index (χ0v) is 22.0. The molecule has 2 aromatic heterocycles. The molecule has 214 valence electrons. The van der Waals surface area contributed by atoms with E-state index < -0.39 is 23.3 Å². The molecule has 6 heterocycles. The molecule has 8 rings (SSSR count). The fourth-order valence-electron chi connectivity index (χ4n) is 6.53. The van der Waals surface area contributed by atoms with Gasteiger partial charge in [0.15, 0.2) is 40.9 Å². The highest BCUT2D eigenvalue weighted by molar-refractivity contribution is 5.94. The fourth-order valence-corrected chi connectivity index (χ4v) is 6.53. The van der Waals surface area contributed by atoms with Crippen LogP contribution in [-0.4, -0.2) is 93.3 Å². The third-order valence-corrected chi connectivity index (χ3v) is 8.87. The second kappa shape index (κ2) is 9.01. The molecule has 0 saturated carbocycles. The van der Waals surface area contributed by atoms with Crippen LogP contribution in [0.5, 0.6) is 5.88 Å². The number of nitrogens with one attached hydrogen (secondary N) is 2. The van der Waals surface area contributed by atoms with Crippen molar-refractivity contribution in [1.29, 1.82) is 0 Å². The van der Waals surface area contributed by atoms with Crippen molar-refractivity contribution in [3.63, 3.8) is 0 Å². The molecule has 0 unspecified atom stereocenters. The van der Waals surface area contributed by atoms with Gasteiger partial charge >= 0.3 is 6.09 Å². The first-order chi connectivity index (χ1) is 19.9. The average molecular weight is 568 g/mol. The van der Waals surface area contributed by atoms with Crippen molar-refractivity contribution in [2.45, 2.75) is 37.3 Å². The maximum absolute atomic E-state index is 15.4. The third-order valence-electron chi connectivity index (χ3n) is 8.87. The van der Waals surface area contributed by atoms with Crippen LogP contribution in [0.1, 0.15) is 30.0 Å². The Balaban J connectivity index is 0.919. The molecule has 0 atom stereocenters. The van der Waals surface area contributed by atoms with Crippen LogP contribution in [-0.2, 0) is 22.4 Å². The van der Waals surface area contributed by atoms with Crippen molar-refractivity contribution in [2.24, 2.45) is 5.92 Å². The van der Waals surface area contributed by atoms with Crippen molar-refractivity contribution in [3.05, 3.63) is 29.0 Å². The minimum atomic E-state index is -0.659. The minimum absolute atomic E-state index is 0.0137. The molecular formula is C26H27F2N9O4. The van der Waals surface area contributed by atoms with Crippen LogP contribution in [0, 0.1) is 17.6 Å². The van der Waals surface area contributed by atoms with Crippen LogP contribution in [0.25, 0.3) is 11.0 Å². The van der Waals surface area contributed by atoms with Gasteiger partial charge in [-0.3, -0.25) is 9.69 Å². The van der Waals surface area contributed by atoms with Gasteiger partial charge in [-0.2, -0.15) is 4.80 Å². The second-order valence-electron chi connectivity index (χ2n) is 11.5. The summed E-state index contributed by atoms with van der Waals surface area (Å²) in [7, 11) is 0. The van der Waals surface area contributed by atoms with Crippen molar-refractivity contribution in [1.82, 2.24) is 35.2 Å². The quantitative estimate of drug-likeness (QED) is 0.473. The van der Waals surface area contributed by atoms with Crippen LogP contribution in [0.2, 0.25) is 0 Å². The van der Waals surface area contributed by atoms with E-state index in [9.17, 15) is 9.59 Å². The van der Waals surface area contributed by atoms with Gasteiger partial charge in [-0.1, -0.05) is 0 Å². The fraction of sp³-hybridized carbons (Fsp3) is 0.538. The van der Waals surface area contributed by atoms with Crippen LogP contribution in [0.4, 0.5) is 25.2 Å². The van der Waals surface area contributed by atoms with E-state index in [1.165, 1.54) is 15.9 Å². The van der Waals surface area contributed by atoms with E-state index in [-0.39, 0.29) is 53.0 Å². The summed E-state index contributed by atoms with van der Waals surface area (Å²) in [5, 5.41) is 14.3. The standard InChI is InChI=1S/C26H27F2N9O4/c27-19-15-5-13(6-16(15)20(28)22-21(19)33-37(34-22)14-7-29-8-14)10-35-3-1-26(2-4-35)12-36(25(39)41-26)17-9-30-24-23(31-17)32-18(38)11-40-24/h9,13-14,29H,1-8,10-12H2,(H,31,32,38). The van der Waals surface area contributed by atoms with Crippen LogP contribution < -0.4 is 20.3 Å². The summed E-state index contributed by atoms with van der Waals surface area (Å²) in [5.74, 6) is -0.510. The number of anilines is 2. The predicted octanol–water partition coefficient (Wildman–Crippen LogP) is 1.18. The molecule has 0 radical (unpaired) electrons. The largest absolute Gasteiger partial charge is 0.465 e. The number of carbonyl (C=O) groups is 2. The van der Waals surface area contributed by atoms with Crippen LogP contribution in [0.15, 0.2) is 6.20 Å². The number of nitrogens with zero attached hydrogens (tertiary/aromatic N) is 7. The van der Waals surface area contributed by atoms with Crippen molar-refractivity contribution in [2.75, 3.05) is 56.1 Å². The Hall–Kier alpha value is -3.98. The molecule has 1 aromatic carbocycles. The summed E-state index contributed by atoms with van der Waals surface area (Å²) in [5.41, 5.74) is 0.202. The maximum atomic E-state index is 15.4. The summed E-state index contributed by atoms with van der Waals surface area (Å²) in [6, 6.07) is 0.0283. The molecule has 0 bridgehead atoms. The zero-order valence-electron chi connectivity index (χ0n) is 22.0. The molecule has 4 aliphatic heterocycles. The lowest BCUT2D eigenvalue weighted by Crippen LogP contribution is -2.48. The van der Waals surface area contributed by atoms with E-state index in [1.807, 2.05) is 0 Å². The zero-order chi connectivity index (χ0) is 27.9. The number of ether oxygens (including phenoxy) is 2. The summed E-state index contributed by atoms with van der Waals surface area (Å²) < 4.78 is 41.9. The lowest BCUT2D eigenvalue weighted by Gasteiger charge is -2.38. The monoisotopic (exact) mass is 567 g/mol. The lowest BCUT2D eigenvalue weighted by molar-refractivity contribution is -0.118. The highest BCUT2D eigenvalue weighted by atomic mass is 19.1. The highest BCUT2D eigenvalue weighted by Gasteiger charge is 2.48. The van der Waals surface area contributed by atoms with Gasteiger partial charge in [-0.25, -0.2) is 23.5 Å². The predicted molar refractivity (Wildman–Crippen MR) is 139 cm³/mol. The van der Waals surface area contributed by atoms with Gasteiger partial charge in [0.1, 0.15) is 5.60 Å². The van der Waals surface area contributed by atoms with Crippen molar-refractivity contribution < 1.29 is 27.8 Å². The summed E-state index contributed by atoms with van der Waals surface area (Å²) in [6.07, 6.45) is 3.06. The molecule has 2 amide bonds. The third kappa shape index (κ3) is 4.01. The Morgan fingerprint density at radius 1 is 1.05 bits per heavy atom. The summed E-state index contributed by atoms with van der Waals surface area (Å²) >= 11 is 0. The van der Waals surface area contributed by atoms with Gasteiger partial charge < -0.3 is 25.0 Å². The molecule has 3 saturated heterocycles. The van der Waals surface area contributed by atoms with Crippen LogP contribution in [0.3, 0.4) is 0 Å². The van der Waals surface area contributed by atoms with Gasteiger partial charge in [0.25, 0.3) is 11.8 Å². The summed E-state index contributed by atoms with van der Waals surface area (Å²) in [6.45, 7) is 3.63. The number of aromatic nitrogens is 5. The van der Waals surface area contributed by atoms with Gasteiger partial charge in [0.2, 0.25) is 0 Å². The second-order valence-corrected chi connectivity index (χ2v) is 11.5. The Bertz CT molecular complexity index is 1550. The molecule has 1 aliphatic carbocycles. The summed E-state index contributed by atoms with van der Waals surface area (Å²) in [4.78, 5) is 38.1. The van der Waals surface area contributed by atoms with Gasteiger partial charge in [0.05, 0.1) is 18.8 Å². The van der Waals surface area contributed by atoms with Crippen molar-refractivity contribution >= 4 is 34.7 Å². The number of amides is 2. The van der Waals surface area contributed by atoms with Gasteiger partial charge in [0, 0.05) is 45.6 Å². The number of likely N-dealkylation sites (tertiary alicyclic amines) is 1. The molecular weight excluding hydrogens is 540 g/mol. The number of benzene rings is 1. The maximum Gasteiger partial charge on any atom is 0.416 e. The number of piperidine rings is 1. The molecule has 5 aliphatic rings. The SMILES string of the molecule is O=C1COc2ncc(N3CC4(CCN(CC5Cc6c(c(F)c7nn(C8CNC8)nc7c6F)C5)CC4)OC3=O)nc2N1. The van der Waals surface area contributed by atoms with E-state index in [2.05, 4.69) is 35.7 Å². The van der Waals surface area contributed by atoms with Gasteiger partial charge in [-0.15, -0.1) is 10.2 Å². The molecule has 3 aromatic rings. The molecule has 41 heavy (non-hydrogen) atoms. The number of hydrogen-bond acceptors (Lipinski definition) is 10. The van der Waals surface area contributed by atoms with Gasteiger partial charge in [-0.05, 0) is 29.9 Å². The first-order valence-electron chi connectivity index (χ1n) is 13.8. The topological polar surface area (TPSA) is 140 Å². The Morgan fingerprint density at radius 2 is 1.76 bits per heavy atom. The Kier molecular flexibility index (Phi) is 5.45. The van der Waals surface area contributed by atoms with E-state index in [0.29, 0.717) is 76.1 Å². The molecule has 1 spiro atoms. The molecule has 2 N–H and O–H groups in total. The van der Waals surface area contributed by atoms with E-state index in [0.717, 1.165) is 0 Å². The van der Waals surface area contributed by atoms with E-state index in [1.54, 1.807) is 0 Å². The number of fused-ring (bicyclic) bond motifs is 3. The average Bonchev–Trinajstić information content (AvgIpc) is 3.64. The van der Waals surface area contributed by atoms with E-state index >= 15 is 8.78 Å². The molecule has 3 fully saturated rings. The number of hydrogen-bond donors (Lipinski definition) is 2. The minimum Gasteiger partial charge on any atom is -0.465 e. The lowest BCUT2D eigenvalue weighted by atomic mass is 9.90. The Labute approximate surface area is 232 Å². The van der Waals surface area contributed by atoms with Crippen LogP contribution >= 0.6 is 0 Å². The Morgan fingerprint density at radius 3 is 2.41 bits per heavy atom. The first-order valence-corrected chi connectivity index (χ1v) is 13.8. The molecule has 15 heteroatoms. The number of halogens is 2. The smallest absolute Gasteiger partial charge is 0.416 e. The van der Waals surface area contributed by atoms with Crippen molar-refractivity contribution in [3.8, 4) is 5.88 Å².